The lowest BCUT2D eigenvalue weighted by Gasteiger charge is -2.25. The van der Waals surface area contributed by atoms with Crippen LogP contribution in [-0.4, -0.2) is 40.8 Å². The highest BCUT2D eigenvalue weighted by molar-refractivity contribution is 7.99. The zero-order chi connectivity index (χ0) is 12.4. The molecule has 3 unspecified atom stereocenters. The molecule has 0 spiro atoms. The van der Waals surface area contributed by atoms with Gasteiger partial charge in [0.05, 0.1) is 6.61 Å². The molecule has 1 aromatic rings. The van der Waals surface area contributed by atoms with Crippen LogP contribution in [0.1, 0.15) is 43.5 Å². The summed E-state index contributed by atoms with van der Waals surface area (Å²) < 4.78 is 11.1. The number of ether oxygens (including phenoxy) is 1. The van der Waals surface area contributed by atoms with Crippen LogP contribution >= 0.6 is 11.8 Å². The van der Waals surface area contributed by atoms with Crippen molar-refractivity contribution in [1.82, 2.24) is 15.5 Å². The van der Waals surface area contributed by atoms with Crippen molar-refractivity contribution in [1.29, 1.82) is 0 Å². The third-order valence-electron chi connectivity index (χ3n) is 3.53. The van der Waals surface area contributed by atoms with Crippen molar-refractivity contribution in [2.45, 2.75) is 37.8 Å². The zero-order valence-electron chi connectivity index (χ0n) is 10.6. The van der Waals surface area contributed by atoms with Crippen molar-refractivity contribution in [3.63, 3.8) is 0 Å². The summed E-state index contributed by atoms with van der Waals surface area (Å²) in [6, 6.07) is 0.528. The molecule has 2 aliphatic rings. The first-order valence-electron chi connectivity index (χ1n) is 6.59. The molecular formula is C12H19N3O2S. The number of hydrogen-bond acceptors (Lipinski definition) is 6. The quantitative estimate of drug-likeness (QED) is 0.882. The van der Waals surface area contributed by atoms with Crippen LogP contribution in [0.2, 0.25) is 0 Å². The number of aromatic nitrogens is 2. The number of hydrogen-bond donors (Lipinski definition) is 1. The molecule has 3 rings (SSSR count). The highest BCUT2D eigenvalue weighted by Gasteiger charge is 2.27. The number of nitrogens with one attached hydrogen (secondary N) is 1. The van der Waals surface area contributed by atoms with E-state index < -0.39 is 0 Å². The standard InChI is InChI=1S/C12H19N3O2S/c1-8-6-9(2-3-13-8)12-14-11(15-17-12)10-7-18-5-4-16-10/h8-10,13H,2-7H2,1H3. The van der Waals surface area contributed by atoms with Gasteiger partial charge in [-0.05, 0) is 26.3 Å². The topological polar surface area (TPSA) is 60.2 Å². The second-order valence-electron chi connectivity index (χ2n) is 5.00. The Bertz CT molecular complexity index is 392. The van der Waals surface area contributed by atoms with E-state index in [2.05, 4.69) is 22.4 Å². The lowest BCUT2D eigenvalue weighted by molar-refractivity contribution is 0.0677. The molecule has 5 nitrogen and oxygen atoms in total. The fourth-order valence-corrected chi connectivity index (χ4v) is 3.38. The van der Waals surface area contributed by atoms with Gasteiger partial charge in [0.25, 0.3) is 0 Å². The summed E-state index contributed by atoms with van der Waals surface area (Å²) in [7, 11) is 0. The normalized spacial score (nSPS) is 33.5. The maximum Gasteiger partial charge on any atom is 0.229 e. The highest BCUT2D eigenvalue weighted by Crippen LogP contribution is 2.29. The van der Waals surface area contributed by atoms with Gasteiger partial charge in [0, 0.05) is 23.5 Å². The first kappa shape index (κ1) is 12.4. The van der Waals surface area contributed by atoms with E-state index in [1.807, 2.05) is 11.8 Å². The Balaban J connectivity index is 1.68. The van der Waals surface area contributed by atoms with Gasteiger partial charge >= 0.3 is 0 Å². The summed E-state index contributed by atoms with van der Waals surface area (Å²) in [5.41, 5.74) is 0. The second kappa shape index (κ2) is 5.59. The molecule has 2 saturated heterocycles. The van der Waals surface area contributed by atoms with Gasteiger partial charge < -0.3 is 14.6 Å². The van der Waals surface area contributed by atoms with Crippen LogP contribution in [0.15, 0.2) is 4.52 Å². The van der Waals surface area contributed by atoms with Crippen LogP contribution in [0.5, 0.6) is 0 Å². The van der Waals surface area contributed by atoms with Crippen molar-refractivity contribution in [3.8, 4) is 0 Å². The summed E-state index contributed by atoms with van der Waals surface area (Å²) >= 11 is 1.89. The molecule has 2 fully saturated rings. The summed E-state index contributed by atoms with van der Waals surface area (Å²) in [5.74, 6) is 3.91. The third-order valence-corrected chi connectivity index (χ3v) is 4.53. The van der Waals surface area contributed by atoms with E-state index in [1.54, 1.807) is 0 Å². The molecule has 2 aliphatic heterocycles. The van der Waals surface area contributed by atoms with Gasteiger partial charge in [-0.25, -0.2) is 0 Å². The van der Waals surface area contributed by atoms with Crippen LogP contribution in [0, 0.1) is 0 Å². The molecule has 0 bridgehead atoms. The minimum absolute atomic E-state index is 0.0142. The Kier molecular flexibility index (Phi) is 3.86. The average molecular weight is 269 g/mol. The second-order valence-corrected chi connectivity index (χ2v) is 6.15. The van der Waals surface area contributed by atoms with E-state index in [9.17, 15) is 0 Å². The molecule has 0 aliphatic carbocycles. The lowest BCUT2D eigenvalue weighted by Crippen LogP contribution is -2.35. The highest BCUT2D eigenvalue weighted by atomic mass is 32.2. The van der Waals surface area contributed by atoms with Crippen LogP contribution in [0.3, 0.4) is 0 Å². The Morgan fingerprint density at radius 2 is 2.39 bits per heavy atom. The van der Waals surface area contributed by atoms with E-state index >= 15 is 0 Å². The molecule has 0 radical (unpaired) electrons. The maximum atomic E-state index is 5.67. The van der Waals surface area contributed by atoms with Gasteiger partial charge in [-0.1, -0.05) is 5.16 Å². The number of thioether (sulfide) groups is 1. The van der Waals surface area contributed by atoms with E-state index in [-0.39, 0.29) is 6.10 Å². The minimum Gasteiger partial charge on any atom is -0.368 e. The number of piperidine rings is 1. The van der Waals surface area contributed by atoms with Crippen molar-refractivity contribution in [2.24, 2.45) is 0 Å². The molecule has 3 atom stereocenters. The number of rotatable bonds is 2. The van der Waals surface area contributed by atoms with Crippen molar-refractivity contribution >= 4 is 11.8 Å². The third kappa shape index (κ3) is 2.70. The Morgan fingerprint density at radius 1 is 1.44 bits per heavy atom. The minimum atomic E-state index is 0.0142. The largest absolute Gasteiger partial charge is 0.368 e. The van der Waals surface area contributed by atoms with Crippen LogP contribution in [-0.2, 0) is 4.74 Å². The van der Waals surface area contributed by atoms with Gasteiger partial charge in [0.15, 0.2) is 0 Å². The molecule has 18 heavy (non-hydrogen) atoms. The van der Waals surface area contributed by atoms with E-state index in [0.29, 0.717) is 12.0 Å². The lowest BCUT2D eigenvalue weighted by atomic mass is 9.93. The molecular weight excluding hydrogens is 250 g/mol. The molecule has 0 amide bonds. The fourth-order valence-electron chi connectivity index (χ4n) is 2.54. The molecule has 0 aromatic carbocycles. The van der Waals surface area contributed by atoms with E-state index in [4.69, 9.17) is 9.26 Å². The summed E-state index contributed by atoms with van der Waals surface area (Å²) in [4.78, 5) is 4.55. The fraction of sp³-hybridized carbons (Fsp3) is 0.833. The van der Waals surface area contributed by atoms with E-state index in [1.165, 1.54) is 0 Å². The zero-order valence-corrected chi connectivity index (χ0v) is 11.4. The van der Waals surface area contributed by atoms with Gasteiger partial charge in [-0.15, -0.1) is 0 Å². The molecule has 6 heteroatoms. The van der Waals surface area contributed by atoms with Gasteiger partial charge in [-0.3, -0.25) is 0 Å². The Morgan fingerprint density at radius 3 is 3.17 bits per heavy atom. The van der Waals surface area contributed by atoms with Crippen LogP contribution < -0.4 is 5.32 Å². The molecule has 0 saturated carbocycles. The molecule has 100 valence electrons. The van der Waals surface area contributed by atoms with Gasteiger partial charge in [0.1, 0.15) is 6.10 Å². The predicted octanol–water partition coefficient (Wildman–Crippen LogP) is 1.73. The molecule has 3 heterocycles. The summed E-state index contributed by atoms with van der Waals surface area (Å²) in [6.45, 7) is 4.01. The smallest absolute Gasteiger partial charge is 0.229 e. The van der Waals surface area contributed by atoms with Crippen LogP contribution in [0.4, 0.5) is 0 Å². The number of nitrogens with zero attached hydrogens (tertiary/aromatic N) is 2. The molecule has 1 aromatic heterocycles. The van der Waals surface area contributed by atoms with Gasteiger partial charge in [0.2, 0.25) is 11.7 Å². The predicted molar refractivity (Wildman–Crippen MR) is 69.8 cm³/mol. The monoisotopic (exact) mass is 269 g/mol. The first-order valence-corrected chi connectivity index (χ1v) is 7.74. The van der Waals surface area contributed by atoms with Gasteiger partial charge in [-0.2, -0.15) is 16.7 Å². The maximum absolute atomic E-state index is 5.67. The van der Waals surface area contributed by atoms with E-state index in [0.717, 1.165) is 49.2 Å². The molecule has 1 N–H and O–H groups in total. The Hall–Kier alpha value is -0.590. The average Bonchev–Trinajstić information content (AvgIpc) is 2.89. The summed E-state index contributed by atoms with van der Waals surface area (Å²) in [5, 5.41) is 7.53. The van der Waals surface area contributed by atoms with Crippen molar-refractivity contribution in [2.75, 3.05) is 24.7 Å². The SMILES string of the molecule is CC1CC(c2nc(C3CSCCO3)no2)CCN1. The van der Waals surface area contributed by atoms with Crippen molar-refractivity contribution < 1.29 is 9.26 Å². The van der Waals surface area contributed by atoms with Crippen LogP contribution in [0.25, 0.3) is 0 Å². The Labute approximate surface area is 111 Å². The first-order chi connectivity index (χ1) is 8.83. The van der Waals surface area contributed by atoms with Crippen molar-refractivity contribution in [3.05, 3.63) is 11.7 Å². The summed E-state index contributed by atoms with van der Waals surface area (Å²) in [6.07, 6.45) is 2.16.